The molecule has 1 heterocycles. The number of H-pyrrole nitrogens is 1. The Morgan fingerprint density at radius 2 is 2.22 bits per heavy atom. The molecular formula is C5H6Cl2N2. The third-order valence-electron chi connectivity index (χ3n) is 1.07. The number of rotatable bonds is 1. The van der Waals surface area contributed by atoms with E-state index in [0.717, 1.165) is 5.56 Å². The van der Waals surface area contributed by atoms with Gasteiger partial charge in [0.05, 0.1) is 5.02 Å². The van der Waals surface area contributed by atoms with Gasteiger partial charge in [-0.1, -0.05) is 23.2 Å². The van der Waals surface area contributed by atoms with Gasteiger partial charge in [0.25, 0.3) is 0 Å². The Hall–Kier alpha value is -0.180. The van der Waals surface area contributed by atoms with E-state index in [0.29, 0.717) is 16.7 Å². The van der Waals surface area contributed by atoms with Gasteiger partial charge >= 0.3 is 0 Å². The van der Waals surface area contributed by atoms with Gasteiger partial charge in [-0.25, -0.2) is 0 Å². The Kier molecular flexibility index (Phi) is 2.01. The minimum atomic E-state index is 0.419. The maximum atomic E-state index is 5.67. The van der Waals surface area contributed by atoms with Crippen LogP contribution in [0.3, 0.4) is 0 Å². The molecule has 0 saturated heterocycles. The van der Waals surface area contributed by atoms with Crippen LogP contribution in [0.4, 0.5) is 0 Å². The Balaban J connectivity index is 3.04. The fraction of sp³-hybridized carbons (Fsp3) is 0.200. The smallest absolute Gasteiger partial charge is 0.125 e. The molecular weight excluding hydrogens is 159 g/mol. The van der Waals surface area contributed by atoms with Crippen molar-refractivity contribution in [2.24, 2.45) is 5.73 Å². The summed E-state index contributed by atoms with van der Waals surface area (Å²) in [6, 6.07) is 0. The normalized spacial score (nSPS) is 10.1. The number of nitrogens with two attached hydrogens (primary N) is 1. The quantitative estimate of drug-likeness (QED) is 0.654. The van der Waals surface area contributed by atoms with Gasteiger partial charge in [0.1, 0.15) is 5.15 Å². The number of aromatic nitrogens is 1. The zero-order valence-corrected chi connectivity index (χ0v) is 6.13. The van der Waals surface area contributed by atoms with E-state index in [2.05, 4.69) is 4.98 Å². The van der Waals surface area contributed by atoms with Crippen molar-refractivity contribution in [1.82, 2.24) is 4.98 Å². The van der Waals surface area contributed by atoms with Crippen LogP contribution in [0.25, 0.3) is 0 Å². The second-order valence-electron chi connectivity index (χ2n) is 1.65. The first-order valence-corrected chi connectivity index (χ1v) is 3.22. The number of halogens is 2. The standard InChI is InChI=1S/C5H6Cl2N2/c6-4-3(1-8)2-9-5(4)7/h2,9H,1,8H2. The van der Waals surface area contributed by atoms with E-state index in [1.165, 1.54) is 0 Å². The van der Waals surface area contributed by atoms with Gasteiger partial charge in [0.15, 0.2) is 0 Å². The van der Waals surface area contributed by atoms with Gasteiger partial charge in [0, 0.05) is 18.3 Å². The van der Waals surface area contributed by atoms with Gasteiger partial charge in [0.2, 0.25) is 0 Å². The molecule has 0 amide bonds. The SMILES string of the molecule is NCc1c[nH]c(Cl)c1Cl. The zero-order valence-electron chi connectivity index (χ0n) is 4.62. The fourth-order valence-corrected chi connectivity index (χ4v) is 0.929. The van der Waals surface area contributed by atoms with Gasteiger partial charge in [-0.2, -0.15) is 0 Å². The summed E-state index contributed by atoms with van der Waals surface area (Å²) >= 11 is 11.2. The number of hydrogen-bond donors (Lipinski definition) is 2. The molecule has 0 aromatic carbocycles. The van der Waals surface area contributed by atoms with E-state index in [9.17, 15) is 0 Å². The van der Waals surface area contributed by atoms with Crippen LogP contribution in [0, 0.1) is 0 Å². The number of hydrogen-bond acceptors (Lipinski definition) is 1. The third-order valence-corrected chi connectivity index (χ3v) is 1.89. The van der Waals surface area contributed by atoms with Crippen molar-refractivity contribution >= 4 is 23.2 Å². The van der Waals surface area contributed by atoms with Crippen LogP contribution in [0.15, 0.2) is 6.20 Å². The van der Waals surface area contributed by atoms with Crippen LogP contribution >= 0.6 is 23.2 Å². The van der Waals surface area contributed by atoms with Crippen LogP contribution < -0.4 is 5.73 Å². The van der Waals surface area contributed by atoms with Crippen molar-refractivity contribution in [3.05, 3.63) is 21.9 Å². The van der Waals surface area contributed by atoms with Crippen molar-refractivity contribution in [3.63, 3.8) is 0 Å². The molecule has 0 saturated carbocycles. The molecule has 0 radical (unpaired) electrons. The van der Waals surface area contributed by atoms with Crippen LogP contribution in [0.1, 0.15) is 5.56 Å². The summed E-state index contributed by atoms with van der Waals surface area (Å²) in [4.78, 5) is 2.74. The summed E-state index contributed by atoms with van der Waals surface area (Å²) in [7, 11) is 0. The highest BCUT2D eigenvalue weighted by atomic mass is 35.5. The van der Waals surface area contributed by atoms with Gasteiger partial charge in [-0.05, 0) is 0 Å². The van der Waals surface area contributed by atoms with E-state index in [1.807, 2.05) is 0 Å². The van der Waals surface area contributed by atoms with E-state index in [1.54, 1.807) is 6.20 Å². The topological polar surface area (TPSA) is 41.8 Å². The molecule has 1 aromatic heterocycles. The minimum absolute atomic E-state index is 0.419. The summed E-state index contributed by atoms with van der Waals surface area (Å²) in [5.74, 6) is 0. The highest BCUT2D eigenvalue weighted by molar-refractivity contribution is 6.41. The van der Waals surface area contributed by atoms with Crippen molar-refractivity contribution < 1.29 is 0 Å². The van der Waals surface area contributed by atoms with Crippen molar-refractivity contribution in [2.45, 2.75) is 6.54 Å². The molecule has 0 bridgehead atoms. The monoisotopic (exact) mass is 164 g/mol. The predicted molar refractivity (Wildman–Crippen MR) is 38.7 cm³/mol. The molecule has 2 nitrogen and oxygen atoms in total. The molecule has 50 valence electrons. The lowest BCUT2D eigenvalue weighted by Gasteiger charge is -1.87. The van der Waals surface area contributed by atoms with Gasteiger partial charge < -0.3 is 10.7 Å². The molecule has 0 spiro atoms. The lowest BCUT2D eigenvalue weighted by Crippen LogP contribution is -1.93. The fourth-order valence-electron chi connectivity index (χ4n) is 0.567. The van der Waals surface area contributed by atoms with Crippen molar-refractivity contribution in [2.75, 3.05) is 0 Å². The van der Waals surface area contributed by atoms with E-state index < -0.39 is 0 Å². The molecule has 0 fully saturated rings. The van der Waals surface area contributed by atoms with E-state index >= 15 is 0 Å². The molecule has 4 heteroatoms. The summed E-state index contributed by atoms with van der Waals surface area (Å²) in [5.41, 5.74) is 6.15. The van der Waals surface area contributed by atoms with Crippen molar-refractivity contribution in [3.8, 4) is 0 Å². The molecule has 0 unspecified atom stereocenters. The van der Waals surface area contributed by atoms with Crippen LogP contribution in [0.2, 0.25) is 10.2 Å². The first-order chi connectivity index (χ1) is 4.25. The maximum Gasteiger partial charge on any atom is 0.125 e. The largest absolute Gasteiger partial charge is 0.351 e. The lowest BCUT2D eigenvalue weighted by molar-refractivity contribution is 1.07. The Labute approximate surface area is 63.0 Å². The summed E-state index contributed by atoms with van der Waals surface area (Å²) in [6.07, 6.45) is 1.70. The minimum Gasteiger partial charge on any atom is -0.351 e. The van der Waals surface area contributed by atoms with E-state index in [4.69, 9.17) is 28.9 Å². The molecule has 0 aliphatic heterocycles. The molecule has 1 aromatic rings. The lowest BCUT2D eigenvalue weighted by atomic mass is 10.3. The molecule has 0 aliphatic carbocycles. The van der Waals surface area contributed by atoms with Gasteiger partial charge in [-0.3, -0.25) is 0 Å². The molecule has 9 heavy (non-hydrogen) atoms. The first kappa shape index (κ1) is 6.93. The number of aromatic amines is 1. The first-order valence-electron chi connectivity index (χ1n) is 2.47. The summed E-state index contributed by atoms with van der Waals surface area (Å²) in [6.45, 7) is 0.419. The summed E-state index contributed by atoms with van der Waals surface area (Å²) in [5, 5.41) is 0.983. The van der Waals surface area contributed by atoms with E-state index in [-0.39, 0.29) is 0 Å². The zero-order chi connectivity index (χ0) is 6.85. The Morgan fingerprint density at radius 3 is 2.44 bits per heavy atom. The maximum absolute atomic E-state index is 5.67. The Morgan fingerprint density at radius 1 is 1.56 bits per heavy atom. The molecule has 0 aliphatic rings. The highest BCUT2D eigenvalue weighted by Crippen LogP contribution is 2.23. The predicted octanol–water partition coefficient (Wildman–Crippen LogP) is 1.78. The molecule has 1 rings (SSSR count). The Bertz CT molecular complexity index is 207. The average molecular weight is 165 g/mol. The third kappa shape index (κ3) is 1.21. The number of nitrogens with one attached hydrogen (secondary N) is 1. The molecule has 0 atom stereocenters. The van der Waals surface area contributed by atoms with Crippen LogP contribution in [0.5, 0.6) is 0 Å². The van der Waals surface area contributed by atoms with Crippen molar-refractivity contribution in [1.29, 1.82) is 0 Å². The highest BCUT2D eigenvalue weighted by Gasteiger charge is 2.03. The second-order valence-corrected chi connectivity index (χ2v) is 2.40. The summed E-state index contributed by atoms with van der Waals surface area (Å²) < 4.78 is 0. The molecule has 3 N–H and O–H groups in total. The second kappa shape index (κ2) is 2.60. The van der Waals surface area contributed by atoms with Crippen LogP contribution in [-0.4, -0.2) is 4.98 Å². The van der Waals surface area contributed by atoms with Gasteiger partial charge in [-0.15, -0.1) is 0 Å². The average Bonchev–Trinajstić information content (AvgIpc) is 2.15. The van der Waals surface area contributed by atoms with Crippen LogP contribution in [-0.2, 0) is 6.54 Å².